The lowest BCUT2D eigenvalue weighted by atomic mass is 10.1. The first kappa shape index (κ1) is 20.2. The SMILES string of the molecule is COc1ccc(N2C(/C=C/CC3(C)OCCO3)=COC2CCC(=O)O)cc1F. The number of benzene rings is 1. The summed E-state index contributed by atoms with van der Waals surface area (Å²) >= 11 is 0. The molecule has 7 nitrogen and oxygen atoms in total. The summed E-state index contributed by atoms with van der Waals surface area (Å²) in [5.41, 5.74) is 1.23. The molecule has 1 N–H and O–H groups in total. The summed E-state index contributed by atoms with van der Waals surface area (Å²) < 4.78 is 36.0. The Kier molecular flexibility index (Phi) is 6.21. The van der Waals surface area contributed by atoms with Gasteiger partial charge in [0.05, 0.1) is 32.4 Å². The van der Waals surface area contributed by atoms with Gasteiger partial charge in [0.1, 0.15) is 6.26 Å². The maximum Gasteiger partial charge on any atom is 0.303 e. The first-order chi connectivity index (χ1) is 13.4. The fourth-order valence-corrected chi connectivity index (χ4v) is 3.18. The number of allylic oxidation sites excluding steroid dienone is 1. The topological polar surface area (TPSA) is 77.5 Å². The molecule has 1 unspecified atom stereocenters. The molecule has 2 aliphatic heterocycles. The van der Waals surface area contributed by atoms with E-state index >= 15 is 0 Å². The van der Waals surface area contributed by atoms with E-state index < -0.39 is 23.8 Å². The van der Waals surface area contributed by atoms with Gasteiger partial charge in [-0.2, -0.15) is 0 Å². The lowest BCUT2D eigenvalue weighted by molar-refractivity contribution is -0.138. The highest BCUT2D eigenvalue weighted by Crippen LogP contribution is 2.33. The number of methoxy groups -OCH3 is 1. The summed E-state index contributed by atoms with van der Waals surface area (Å²) in [5, 5.41) is 8.99. The average molecular weight is 393 g/mol. The van der Waals surface area contributed by atoms with E-state index in [1.807, 2.05) is 19.1 Å². The average Bonchev–Trinajstić information content (AvgIpc) is 3.26. The van der Waals surface area contributed by atoms with Gasteiger partial charge in [0.15, 0.2) is 23.6 Å². The number of anilines is 1. The van der Waals surface area contributed by atoms with E-state index in [9.17, 15) is 9.18 Å². The molecule has 28 heavy (non-hydrogen) atoms. The van der Waals surface area contributed by atoms with Crippen LogP contribution in [-0.4, -0.2) is 43.4 Å². The Morgan fingerprint density at radius 2 is 2.18 bits per heavy atom. The van der Waals surface area contributed by atoms with Gasteiger partial charge in [0.25, 0.3) is 0 Å². The third-order valence-electron chi connectivity index (χ3n) is 4.61. The van der Waals surface area contributed by atoms with Crippen LogP contribution in [0.5, 0.6) is 5.75 Å². The maximum atomic E-state index is 14.2. The van der Waals surface area contributed by atoms with Crippen molar-refractivity contribution in [1.29, 1.82) is 0 Å². The Morgan fingerprint density at radius 1 is 1.43 bits per heavy atom. The number of hydrogen-bond donors (Lipinski definition) is 1. The molecule has 0 aromatic heterocycles. The van der Waals surface area contributed by atoms with E-state index in [2.05, 4.69) is 0 Å². The Balaban J connectivity index is 1.79. The predicted molar refractivity (Wildman–Crippen MR) is 99.3 cm³/mol. The van der Waals surface area contributed by atoms with Gasteiger partial charge in [0, 0.05) is 24.6 Å². The molecule has 1 saturated heterocycles. The second-order valence-electron chi connectivity index (χ2n) is 6.69. The van der Waals surface area contributed by atoms with Gasteiger partial charge in [-0.1, -0.05) is 6.08 Å². The molecular weight excluding hydrogens is 369 g/mol. The van der Waals surface area contributed by atoms with Crippen LogP contribution in [0.1, 0.15) is 26.2 Å². The molecule has 0 amide bonds. The van der Waals surface area contributed by atoms with Gasteiger partial charge in [-0.25, -0.2) is 4.39 Å². The second-order valence-corrected chi connectivity index (χ2v) is 6.69. The molecule has 2 aliphatic rings. The van der Waals surface area contributed by atoms with Gasteiger partial charge < -0.3 is 29.0 Å². The molecule has 0 aliphatic carbocycles. The van der Waals surface area contributed by atoms with E-state index in [0.29, 0.717) is 31.0 Å². The number of hydrogen-bond acceptors (Lipinski definition) is 6. The van der Waals surface area contributed by atoms with Crippen LogP contribution in [0.4, 0.5) is 10.1 Å². The maximum absolute atomic E-state index is 14.2. The van der Waals surface area contributed by atoms with Gasteiger partial charge >= 0.3 is 5.97 Å². The van der Waals surface area contributed by atoms with Crippen LogP contribution in [-0.2, 0) is 19.0 Å². The molecule has 152 valence electrons. The third kappa shape index (κ3) is 4.63. The van der Waals surface area contributed by atoms with Crippen molar-refractivity contribution in [2.45, 2.75) is 38.2 Å². The Labute approximate surface area is 162 Å². The van der Waals surface area contributed by atoms with Gasteiger partial charge in [0.2, 0.25) is 0 Å². The molecule has 3 rings (SSSR count). The van der Waals surface area contributed by atoms with Crippen LogP contribution in [0, 0.1) is 5.82 Å². The number of carboxylic acid groups (broad SMARTS) is 1. The van der Waals surface area contributed by atoms with Crippen molar-refractivity contribution in [2.24, 2.45) is 0 Å². The standard InChI is InChI=1S/C20H24FNO6/c1-20(27-10-11-28-20)9-3-4-15-13-26-18(7-8-19(23)24)22(15)14-5-6-17(25-2)16(21)12-14/h3-6,12-13,18H,7-11H2,1-2H3,(H,23,24)/b4-3+. The minimum atomic E-state index is -0.920. The number of halogens is 1. The van der Waals surface area contributed by atoms with Crippen molar-refractivity contribution < 1.29 is 33.2 Å². The molecular formula is C20H24FNO6. The second kappa shape index (κ2) is 8.62. The monoisotopic (exact) mass is 393 g/mol. The molecule has 1 aromatic rings. The number of aliphatic carboxylic acids is 1. The highest BCUT2D eigenvalue weighted by atomic mass is 19.1. The summed E-state index contributed by atoms with van der Waals surface area (Å²) in [7, 11) is 1.40. The number of rotatable bonds is 8. The number of carboxylic acids is 1. The fraction of sp³-hybridized carbons (Fsp3) is 0.450. The Morgan fingerprint density at radius 3 is 2.82 bits per heavy atom. The predicted octanol–water partition coefficient (Wildman–Crippen LogP) is 3.41. The molecule has 1 aromatic carbocycles. The smallest absolute Gasteiger partial charge is 0.303 e. The van der Waals surface area contributed by atoms with Crippen molar-refractivity contribution in [1.82, 2.24) is 0 Å². The van der Waals surface area contributed by atoms with E-state index in [4.69, 9.17) is 24.1 Å². The highest BCUT2D eigenvalue weighted by Gasteiger charge is 2.31. The molecule has 1 fully saturated rings. The van der Waals surface area contributed by atoms with Crippen LogP contribution in [0.15, 0.2) is 42.3 Å². The third-order valence-corrected chi connectivity index (χ3v) is 4.61. The zero-order valence-electron chi connectivity index (χ0n) is 15.9. The molecule has 1 atom stereocenters. The largest absolute Gasteiger partial charge is 0.494 e. The fourth-order valence-electron chi connectivity index (χ4n) is 3.18. The molecule has 0 spiro atoms. The zero-order chi connectivity index (χ0) is 20.1. The summed E-state index contributed by atoms with van der Waals surface area (Å²) in [6.07, 6.45) is 5.45. The van der Waals surface area contributed by atoms with Crippen LogP contribution < -0.4 is 9.64 Å². The van der Waals surface area contributed by atoms with E-state index in [-0.39, 0.29) is 18.6 Å². The minimum Gasteiger partial charge on any atom is -0.494 e. The van der Waals surface area contributed by atoms with Crippen molar-refractivity contribution >= 4 is 11.7 Å². The van der Waals surface area contributed by atoms with Crippen LogP contribution in [0.3, 0.4) is 0 Å². The van der Waals surface area contributed by atoms with Crippen molar-refractivity contribution in [3.8, 4) is 5.75 Å². The van der Waals surface area contributed by atoms with E-state index in [0.717, 1.165) is 0 Å². The van der Waals surface area contributed by atoms with Crippen molar-refractivity contribution in [2.75, 3.05) is 25.2 Å². The first-order valence-corrected chi connectivity index (χ1v) is 9.06. The van der Waals surface area contributed by atoms with Crippen LogP contribution in [0.25, 0.3) is 0 Å². The van der Waals surface area contributed by atoms with Crippen LogP contribution in [0.2, 0.25) is 0 Å². The molecule has 0 saturated carbocycles. The highest BCUT2D eigenvalue weighted by molar-refractivity contribution is 5.67. The van der Waals surface area contributed by atoms with Crippen molar-refractivity contribution in [3.05, 3.63) is 48.1 Å². The Hall–Kier alpha value is -2.58. The number of nitrogens with zero attached hydrogens (tertiary/aromatic N) is 1. The van der Waals surface area contributed by atoms with Crippen molar-refractivity contribution in [3.63, 3.8) is 0 Å². The Bertz CT molecular complexity index is 772. The van der Waals surface area contributed by atoms with E-state index in [1.165, 1.54) is 19.2 Å². The lowest BCUT2D eigenvalue weighted by Crippen LogP contribution is -2.31. The summed E-state index contributed by atoms with van der Waals surface area (Å²) in [6, 6.07) is 4.57. The lowest BCUT2D eigenvalue weighted by Gasteiger charge is -2.27. The zero-order valence-corrected chi connectivity index (χ0v) is 15.9. The van der Waals surface area contributed by atoms with Gasteiger partial charge in [-0.3, -0.25) is 4.79 Å². The van der Waals surface area contributed by atoms with Crippen LogP contribution >= 0.6 is 0 Å². The molecule has 0 bridgehead atoms. The number of ether oxygens (including phenoxy) is 4. The molecule has 0 radical (unpaired) electrons. The van der Waals surface area contributed by atoms with Gasteiger partial charge in [-0.05, 0) is 25.1 Å². The summed E-state index contributed by atoms with van der Waals surface area (Å²) in [4.78, 5) is 12.7. The minimum absolute atomic E-state index is 0.0651. The first-order valence-electron chi connectivity index (χ1n) is 9.06. The normalized spacial score (nSPS) is 21.0. The number of carbonyl (C=O) groups is 1. The molecule has 8 heteroatoms. The van der Waals surface area contributed by atoms with Gasteiger partial charge in [-0.15, -0.1) is 0 Å². The quantitative estimate of drug-likeness (QED) is 0.725. The molecule has 2 heterocycles. The summed E-state index contributed by atoms with van der Waals surface area (Å²) in [5.74, 6) is -1.95. The van der Waals surface area contributed by atoms with E-state index in [1.54, 1.807) is 17.2 Å². The summed E-state index contributed by atoms with van der Waals surface area (Å²) in [6.45, 7) is 2.99.